The summed E-state index contributed by atoms with van der Waals surface area (Å²) >= 11 is 0. The maximum Gasteiger partial charge on any atom is 0.334 e. The highest BCUT2D eigenvalue weighted by Crippen LogP contribution is 2.34. The smallest absolute Gasteiger partial charge is 0.334 e. The van der Waals surface area contributed by atoms with Crippen molar-refractivity contribution in [2.75, 3.05) is 26.3 Å². The monoisotopic (exact) mass is 403 g/mol. The van der Waals surface area contributed by atoms with Crippen LogP contribution in [0.3, 0.4) is 0 Å². The molecule has 1 aromatic rings. The largest absolute Gasteiger partial charge is 0.490 e. The Kier molecular flexibility index (Phi) is 6.05. The lowest BCUT2D eigenvalue weighted by Crippen LogP contribution is -2.43. The minimum absolute atomic E-state index is 0.0300. The zero-order chi connectivity index (χ0) is 21.1. The molecule has 0 aliphatic carbocycles. The molecule has 0 unspecified atom stereocenters. The summed E-state index contributed by atoms with van der Waals surface area (Å²) in [5, 5.41) is 2.86. The van der Waals surface area contributed by atoms with Gasteiger partial charge in [0.2, 0.25) is 5.91 Å². The number of hydrogen-bond donors (Lipinski definition) is 1. The van der Waals surface area contributed by atoms with Gasteiger partial charge in [-0.05, 0) is 30.5 Å². The Morgan fingerprint density at radius 1 is 1.07 bits per heavy atom. The van der Waals surface area contributed by atoms with Crippen LogP contribution in [-0.4, -0.2) is 59.9 Å². The number of imide groups is 2. The SMILES string of the molecule is CCN1C(=O)C(=O)N(CC(=O)N[C@@H](c2ccc3c(c2)OCCCO3)C(C)C)C1=O. The number of nitrogens with one attached hydrogen (secondary N) is 1. The van der Waals surface area contributed by atoms with E-state index in [1.165, 1.54) is 0 Å². The van der Waals surface area contributed by atoms with E-state index in [2.05, 4.69) is 5.32 Å². The first-order valence-corrected chi connectivity index (χ1v) is 9.69. The molecule has 5 amide bonds. The van der Waals surface area contributed by atoms with Gasteiger partial charge < -0.3 is 14.8 Å². The van der Waals surface area contributed by atoms with Gasteiger partial charge in [-0.1, -0.05) is 19.9 Å². The molecular formula is C20H25N3O6. The van der Waals surface area contributed by atoms with Crippen LogP contribution in [0.4, 0.5) is 4.79 Å². The van der Waals surface area contributed by atoms with E-state index >= 15 is 0 Å². The van der Waals surface area contributed by atoms with Gasteiger partial charge in [-0.15, -0.1) is 0 Å². The van der Waals surface area contributed by atoms with Crippen LogP contribution in [0.5, 0.6) is 11.5 Å². The van der Waals surface area contributed by atoms with Crippen LogP contribution in [-0.2, 0) is 14.4 Å². The van der Waals surface area contributed by atoms with E-state index in [0.29, 0.717) is 29.6 Å². The number of amides is 5. The summed E-state index contributed by atoms with van der Waals surface area (Å²) in [6.45, 7) is 6.19. The van der Waals surface area contributed by atoms with Crippen molar-refractivity contribution in [3.05, 3.63) is 23.8 Å². The fourth-order valence-electron chi connectivity index (χ4n) is 3.34. The van der Waals surface area contributed by atoms with Crippen molar-refractivity contribution in [1.29, 1.82) is 0 Å². The maximum absolute atomic E-state index is 12.6. The van der Waals surface area contributed by atoms with Crippen LogP contribution in [0.2, 0.25) is 0 Å². The van der Waals surface area contributed by atoms with Crippen LogP contribution in [0, 0.1) is 5.92 Å². The third kappa shape index (κ3) is 4.18. The van der Waals surface area contributed by atoms with Crippen molar-refractivity contribution in [1.82, 2.24) is 15.1 Å². The van der Waals surface area contributed by atoms with Gasteiger partial charge in [0.25, 0.3) is 0 Å². The summed E-state index contributed by atoms with van der Waals surface area (Å²) in [4.78, 5) is 50.1. The van der Waals surface area contributed by atoms with E-state index in [4.69, 9.17) is 9.47 Å². The van der Waals surface area contributed by atoms with Crippen molar-refractivity contribution in [3.63, 3.8) is 0 Å². The normalized spacial score (nSPS) is 17.6. The van der Waals surface area contributed by atoms with Crippen molar-refractivity contribution in [2.45, 2.75) is 33.2 Å². The number of carbonyl (C=O) groups excluding carboxylic acids is 4. The van der Waals surface area contributed by atoms with E-state index in [-0.39, 0.29) is 18.5 Å². The van der Waals surface area contributed by atoms with Crippen LogP contribution in [0.15, 0.2) is 18.2 Å². The zero-order valence-corrected chi connectivity index (χ0v) is 16.8. The lowest BCUT2D eigenvalue weighted by atomic mass is 9.95. The van der Waals surface area contributed by atoms with Crippen molar-refractivity contribution in [3.8, 4) is 11.5 Å². The molecule has 9 nitrogen and oxygen atoms in total. The second kappa shape index (κ2) is 8.50. The quantitative estimate of drug-likeness (QED) is 0.570. The molecule has 3 rings (SSSR count). The Morgan fingerprint density at radius 2 is 1.72 bits per heavy atom. The molecule has 2 aliphatic rings. The third-order valence-corrected chi connectivity index (χ3v) is 4.87. The first-order chi connectivity index (χ1) is 13.8. The van der Waals surface area contributed by atoms with Crippen molar-refractivity contribution < 1.29 is 28.7 Å². The molecule has 1 N–H and O–H groups in total. The van der Waals surface area contributed by atoms with Crippen LogP contribution in [0.1, 0.15) is 38.8 Å². The Balaban J connectivity index is 1.73. The molecule has 9 heteroatoms. The molecule has 0 saturated carbocycles. The van der Waals surface area contributed by atoms with E-state index < -0.39 is 30.3 Å². The number of nitrogens with zero attached hydrogens (tertiary/aromatic N) is 2. The summed E-state index contributed by atoms with van der Waals surface area (Å²) in [7, 11) is 0. The number of hydrogen-bond acceptors (Lipinski definition) is 6. The minimum atomic E-state index is -0.983. The summed E-state index contributed by atoms with van der Waals surface area (Å²) < 4.78 is 11.4. The first kappa shape index (κ1) is 20.6. The van der Waals surface area contributed by atoms with Crippen LogP contribution in [0.25, 0.3) is 0 Å². The molecule has 0 spiro atoms. The predicted octanol–water partition coefficient (Wildman–Crippen LogP) is 1.47. The molecule has 1 atom stereocenters. The molecule has 0 radical (unpaired) electrons. The number of ether oxygens (including phenoxy) is 2. The Morgan fingerprint density at radius 3 is 2.34 bits per heavy atom. The highest BCUT2D eigenvalue weighted by Gasteiger charge is 2.44. The number of carbonyl (C=O) groups is 4. The van der Waals surface area contributed by atoms with Gasteiger partial charge in [0.05, 0.1) is 19.3 Å². The second-order valence-electron chi connectivity index (χ2n) is 7.27. The number of urea groups is 1. The zero-order valence-electron chi connectivity index (χ0n) is 16.8. The van der Waals surface area contributed by atoms with Gasteiger partial charge in [-0.25, -0.2) is 9.69 Å². The summed E-state index contributed by atoms with van der Waals surface area (Å²) in [6, 6.07) is 4.36. The van der Waals surface area contributed by atoms with Crippen LogP contribution >= 0.6 is 0 Å². The lowest BCUT2D eigenvalue weighted by Gasteiger charge is -2.24. The first-order valence-electron chi connectivity index (χ1n) is 9.69. The highest BCUT2D eigenvalue weighted by atomic mass is 16.5. The average molecular weight is 403 g/mol. The van der Waals surface area contributed by atoms with Gasteiger partial charge in [0.1, 0.15) is 6.54 Å². The minimum Gasteiger partial charge on any atom is -0.490 e. The Labute approximate surface area is 168 Å². The molecule has 0 aromatic heterocycles. The summed E-state index contributed by atoms with van der Waals surface area (Å²) in [5.74, 6) is -1.11. The molecule has 1 aromatic carbocycles. The molecule has 2 aliphatic heterocycles. The molecule has 0 bridgehead atoms. The number of rotatable bonds is 6. The van der Waals surface area contributed by atoms with Gasteiger partial charge in [0.15, 0.2) is 11.5 Å². The highest BCUT2D eigenvalue weighted by molar-refractivity contribution is 6.45. The molecule has 29 heavy (non-hydrogen) atoms. The topological polar surface area (TPSA) is 105 Å². The fraction of sp³-hybridized carbons (Fsp3) is 0.500. The van der Waals surface area contributed by atoms with Crippen LogP contribution < -0.4 is 14.8 Å². The average Bonchev–Trinajstić information content (AvgIpc) is 2.87. The van der Waals surface area contributed by atoms with Gasteiger partial charge in [0, 0.05) is 13.0 Å². The molecule has 156 valence electrons. The molecule has 1 saturated heterocycles. The maximum atomic E-state index is 12.6. The van der Waals surface area contributed by atoms with Gasteiger partial charge in [-0.2, -0.15) is 0 Å². The van der Waals surface area contributed by atoms with E-state index in [1.807, 2.05) is 32.0 Å². The van der Waals surface area contributed by atoms with Crippen molar-refractivity contribution in [2.24, 2.45) is 5.92 Å². The second-order valence-corrected chi connectivity index (χ2v) is 7.27. The van der Waals surface area contributed by atoms with Gasteiger partial charge in [-0.3, -0.25) is 19.3 Å². The predicted molar refractivity (Wildman–Crippen MR) is 102 cm³/mol. The summed E-state index contributed by atoms with van der Waals surface area (Å²) in [6.07, 6.45) is 0.791. The number of likely N-dealkylation sites (N-methyl/N-ethyl adjacent to an activating group) is 1. The fourth-order valence-corrected chi connectivity index (χ4v) is 3.34. The Bertz CT molecular complexity index is 838. The van der Waals surface area contributed by atoms with Gasteiger partial charge >= 0.3 is 17.8 Å². The number of fused-ring (bicyclic) bond motifs is 1. The molecule has 1 fully saturated rings. The standard InChI is InChI=1S/C20H25N3O6/c1-4-22-18(25)19(26)23(20(22)27)11-16(24)21-17(12(2)3)13-6-7-14-15(10-13)29-9-5-8-28-14/h6-7,10,12,17H,4-5,8-9,11H2,1-3H3,(H,21,24)/t17-/m1/s1. The third-order valence-electron chi connectivity index (χ3n) is 4.87. The van der Waals surface area contributed by atoms with E-state index in [9.17, 15) is 19.2 Å². The Hall–Kier alpha value is -3.10. The molecule has 2 heterocycles. The van der Waals surface area contributed by atoms with E-state index in [1.54, 1.807) is 6.92 Å². The number of benzene rings is 1. The van der Waals surface area contributed by atoms with E-state index in [0.717, 1.165) is 16.9 Å². The lowest BCUT2D eigenvalue weighted by molar-refractivity contribution is -0.144. The summed E-state index contributed by atoms with van der Waals surface area (Å²) in [5.41, 5.74) is 0.822. The van der Waals surface area contributed by atoms with Crippen molar-refractivity contribution >= 4 is 23.8 Å². The molecular weight excluding hydrogens is 378 g/mol.